The first kappa shape index (κ1) is 20.7. The molecule has 6 nitrogen and oxygen atoms in total. The maximum atomic E-state index is 12.6. The highest BCUT2D eigenvalue weighted by molar-refractivity contribution is 7.07. The third kappa shape index (κ3) is 4.97. The summed E-state index contributed by atoms with van der Waals surface area (Å²) in [5.41, 5.74) is 2.06. The monoisotopic (exact) mass is 454 g/mol. The van der Waals surface area contributed by atoms with Gasteiger partial charge in [0, 0.05) is 42.7 Å². The van der Waals surface area contributed by atoms with Gasteiger partial charge in [-0.25, -0.2) is 4.79 Å². The molecule has 2 N–H and O–H groups in total. The van der Waals surface area contributed by atoms with Crippen LogP contribution in [0.15, 0.2) is 28.4 Å². The Morgan fingerprint density at radius 2 is 2.07 bits per heavy atom. The number of likely N-dealkylation sites (tertiary alicyclic amines) is 2. The molecule has 2 saturated heterocycles. The number of H-pyrrole nitrogens is 1. The number of hydrogen-bond acceptors (Lipinski definition) is 4. The van der Waals surface area contributed by atoms with E-state index in [-0.39, 0.29) is 16.3 Å². The molecule has 1 spiro atoms. The quantitative estimate of drug-likeness (QED) is 0.734. The normalized spacial score (nSPS) is 22.3. The van der Waals surface area contributed by atoms with Crippen LogP contribution in [0.5, 0.6) is 0 Å². The van der Waals surface area contributed by atoms with Crippen molar-refractivity contribution < 1.29 is 4.79 Å². The van der Waals surface area contributed by atoms with E-state index in [1.54, 1.807) is 5.38 Å². The molecule has 0 aliphatic carbocycles. The maximum Gasteiger partial charge on any atom is 0.317 e. The van der Waals surface area contributed by atoms with Crippen LogP contribution in [-0.2, 0) is 13.1 Å². The van der Waals surface area contributed by atoms with Gasteiger partial charge in [-0.1, -0.05) is 40.6 Å². The number of carbonyl (C=O) groups excluding carboxylic acids is 1. The molecule has 1 unspecified atom stereocenters. The van der Waals surface area contributed by atoms with E-state index in [0.29, 0.717) is 16.6 Å². The van der Waals surface area contributed by atoms with Crippen molar-refractivity contribution in [1.82, 2.24) is 20.1 Å². The fourth-order valence-corrected chi connectivity index (χ4v) is 5.36. The molecular formula is C20H24Cl2N4O2S. The number of amides is 2. The van der Waals surface area contributed by atoms with Crippen molar-refractivity contribution in [2.45, 2.75) is 32.4 Å². The van der Waals surface area contributed by atoms with E-state index in [1.165, 1.54) is 0 Å². The molecule has 0 saturated carbocycles. The number of piperidine rings is 1. The average molecular weight is 455 g/mol. The zero-order valence-corrected chi connectivity index (χ0v) is 18.4. The van der Waals surface area contributed by atoms with Crippen LogP contribution in [0.25, 0.3) is 0 Å². The van der Waals surface area contributed by atoms with Crippen LogP contribution >= 0.6 is 34.5 Å². The van der Waals surface area contributed by atoms with E-state index in [4.69, 9.17) is 23.2 Å². The molecule has 2 aliphatic heterocycles. The largest absolute Gasteiger partial charge is 0.332 e. The molecule has 156 valence electrons. The highest BCUT2D eigenvalue weighted by Crippen LogP contribution is 2.39. The first-order valence-electron chi connectivity index (χ1n) is 9.78. The zero-order chi connectivity index (χ0) is 20.4. The van der Waals surface area contributed by atoms with Gasteiger partial charge in [0.15, 0.2) is 0 Å². The number of halogens is 2. The third-order valence-electron chi connectivity index (χ3n) is 5.86. The molecule has 2 amide bonds. The summed E-state index contributed by atoms with van der Waals surface area (Å²) in [4.78, 5) is 30.9. The Hall–Kier alpha value is -1.54. The standard InChI is InChI=1S/C20H24Cl2N4O2S/c21-16-3-2-14(8-17(16)22)10-25-7-5-20(12-25)4-1-6-26(13-20)18(27)23-9-15-11-29-19(28)24-15/h2-3,8,11H,1,4-7,9-10,12-13H2,(H,23,27)(H,24,28). The summed E-state index contributed by atoms with van der Waals surface area (Å²) >= 11 is 13.3. The lowest BCUT2D eigenvalue weighted by Gasteiger charge is -2.40. The number of nitrogens with one attached hydrogen (secondary N) is 2. The Morgan fingerprint density at radius 1 is 1.21 bits per heavy atom. The molecule has 0 bridgehead atoms. The van der Waals surface area contributed by atoms with Gasteiger partial charge in [-0.2, -0.15) is 0 Å². The van der Waals surface area contributed by atoms with Crippen molar-refractivity contribution in [2.75, 3.05) is 26.2 Å². The second-order valence-corrected chi connectivity index (χ2v) is 9.72. The predicted molar refractivity (Wildman–Crippen MR) is 117 cm³/mol. The second-order valence-electron chi connectivity index (χ2n) is 8.07. The van der Waals surface area contributed by atoms with Crippen LogP contribution in [0.1, 0.15) is 30.5 Å². The van der Waals surface area contributed by atoms with Crippen LogP contribution in [0, 0.1) is 5.41 Å². The zero-order valence-electron chi connectivity index (χ0n) is 16.0. The van der Waals surface area contributed by atoms with Crippen LogP contribution < -0.4 is 10.2 Å². The summed E-state index contributed by atoms with van der Waals surface area (Å²) in [6, 6.07) is 5.75. The fraction of sp³-hybridized carbons (Fsp3) is 0.500. The lowest BCUT2D eigenvalue weighted by molar-refractivity contribution is 0.107. The maximum absolute atomic E-state index is 12.6. The van der Waals surface area contributed by atoms with Crippen molar-refractivity contribution in [2.24, 2.45) is 5.41 Å². The SMILES string of the molecule is O=C(NCc1csc(=O)[nH]1)N1CCCC2(CCN(Cc3ccc(Cl)c(Cl)c3)C2)C1. The Bertz CT molecular complexity index is 947. The number of urea groups is 1. The van der Waals surface area contributed by atoms with Gasteiger partial charge in [-0.05, 0) is 43.5 Å². The Labute approximate surface area is 183 Å². The van der Waals surface area contributed by atoms with Gasteiger partial charge >= 0.3 is 10.9 Å². The number of nitrogens with zero attached hydrogens (tertiary/aromatic N) is 2. The lowest BCUT2D eigenvalue weighted by atomic mass is 9.79. The minimum Gasteiger partial charge on any atom is -0.332 e. The van der Waals surface area contributed by atoms with E-state index in [9.17, 15) is 9.59 Å². The van der Waals surface area contributed by atoms with Gasteiger partial charge in [0.2, 0.25) is 0 Å². The molecule has 1 aromatic heterocycles. The molecule has 2 aliphatic rings. The van der Waals surface area contributed by atoms with Crippen LogP contribution in [0.4, 0.5) is 4.79 Å². The van der Waals surface area contributed by atoms with Gasteiger partial charge in [0.1, 0.15) is 0 Å². The third-order valence-corrected chi connectivity index (χ3v) is 7.31. The van der Waals surface area contributed by atoms with E-state index in [0.717, 1.165) is 74.6 Å². The van der Waals surface area contributed by atoms with Gasteiger partial charge in [0.25, 0.3) is 0 Å². The van der Waals surface area contributed by atoms with E-state index >= 15 is 0 Å². The van der Waals surface area contributed by atoms with Crippen molar-refractivity contribution in [1.29, 1.82) is 0 Å². The lowest BCUT2D eigenvalue weighted by Crippen LogP contribution is -2.50. The van der Waals surface area contributed by atoms with Crippen molar-refractivity contribution in [3.63, 3.8) is 0 Å². The van der Waals surface area contributed by atoms with E-state index < -0.39 is 0 Å². The summed E-state index contributed by atoms with van der Waals surface area (Å²) in [6.07, 6.45) is 3.26. The van der Waals surface area contributed by atoms with Gasteiger partial charge < -0.3 is 15.2 Å². The number of thiazole rings is 1. The van der Waals surface area contributed by atoms with Gasteiger partial charge in [-0.3, -0.25) is 9.69 Å². The first-order valence-corrected chi connectivity index (χ1v) is 11.4. The van der Waals surface area contributed by atoms with Crippen LogP contribution in [0.2, 0.25) is 10.0 Å². The Balaban J connectivity index is 1.33. The number of carbonyl (C=O) groups is 1. The summed E-state index contributed by atoms with van der Waals surface area (Å²) in [5, 5.41) is 5.85. The van der Waals surface area contributed by atoms with Crippen molar-refractivity contribution in [3.8, 4) is 0 Å². The van der Waals surface area contributed by atoms with Gasteiger partial charge in [-0.15, -0.1) is 0 Å². The molecule has 1 atom stereocenters. The number of aromatic amines is 1. The topological polar surface area (TPSA) is 68.4 Å². The minimum absolute atomic E-state index is 0.0564. The van der Waals surface area contributed by atoms with Crippen molar-refractivity contribution >= 4 is 40.6 Å². The molecule has 9 heteroatoms. The molecule has 2 fully saturated rings. The number of rotatable bonds is 4. The molecule has 3 heterocycles. The summed E-state index contributed by atoms with van der Waals surface area (Å²) in [7, 11) is 0. The molecule has 4 rings (SSSR count). The second kappa shape index (κ2) is 8.68. The molecule has 2 aromatic rings. The van der Waals surface area contributed by atoms with E-state index in [1.807, 2.05) is 23.1 Å². The smallest absolute Gasteiger partial charge is 0.317 e. The van der Waals surface area contributed by atoms with Crippen LogP contribution in [-0.4, -0.2) is 47.0 Å². The predicted octanol–water partition coefficient (Wildman–Crippen LogP) is 3.94. The van der Waals surface area contributed by atoms with Crippen LogP contribution in [0.3, 0.4) is 0 Å². The molecule has 29 heavy (non-hydrogen) atoms. The summed E-state index contributed by atoms with van der Waals surface area (Å²) in [5.74, 6) is 0. The molecule has 1 aromatic carbocycles. The fourth-order valence-electron chi connectivity index (χ4n) is 4.46. The summed E-state index contributed by atoms with van der Waals surface area (Å²) < 4.78 is 0. The Morgan fingerprint density at radius 3 is 2.83 bits per heavy atom. The Kier molecular flexibility index (Phi) is 6.20. The molecule has 0 radical (unpaired) electrons. The average Bonchev–Trinajstić information content (AvgIpc) is 3.29. The number of benzene rings is 1. The van der Waals surface area contributed by atoms with Crippen molar-refractivity contribution in [3.05, 3.63) is 54.5 Å². The van der Waals surface area contributed by atoms with Gasteiger partial charge in [0.05, 0.1) is 16.6 Å². The van der Waals surface area contributed by atoms with E-state index in [2.05, 4.69) is 15.2 Å². The first-order chi connectivity index (χ1) is 13.9. The highest BCUT2D eigenvalue weighted by atomic mass is 35.5. The molecular weight excluding hydrogens is 431 g/mol. The minimum atomic E-state index is -0.0980. The number of aromatic nitrogens is 1. The highest BCUT2D eigenvalue weighted by Gasteiger charge is 2.42. The number of hydrogen-bond donors (Lipinski definition) is 2. The summed E-state index contributed by atoms with van der Waals surface area (Å²) in [6.45, 7) is 4.75.